The zero-order chi connectivity index (χ0) is 18.6. The molecular weight excluding hydrogens is 346 g/mol. The molecule has 3 aromatic rings. The van der Waals surface area contributed by atoms with Gasteiger partial charge in [-0.15, -0.1) is 5.10 Å². The van der Waals surface area contributed by atoms with Crippen LogP contribution in [0.1, 0.15) is 10.4 Å². The summed E-state index contributed by atoms with van der Waals surface area (Å²) < 4.78 is 1.48. The number of nitrogens with zero attached hydrogens (tertiary/aromatic N) is 5. The number of amides is 2. The molecule has 1 aliphatic heterocycles. The normalized spacial score (nSPS) is 13.9. The smallest absolute Gasteiger partial charge is 0.255 e. The van der Waals surface area contributed by atoms with E-state index in [0.717, 1.165) is 5.69 Å². The maximum Gasteiger partial charge on any atom is 0.255 e. The molecular formula is C18H17N7O2. The number of tetrazole rings is 1. The third-order valence-corrected chi connectivity index (χ3v) is 4.25. The lowest BCUT2D eigenvalue weighted by Crippen LogP contribution is -2.47. The van der Waals surface area contributed by atoms with Gasteiger partial charge in [0.15, 0.2) is 0 Å². The maximum absolute atomic E-state index is 12.8. The second kappa shape index (κ2) is 7.24. The van der Waals surface area contributed by atoms with E-state index < -0.39 is 0 Å². The van der Waals surface area contributed by atoms with Crippen molar-refractivity contribution in [2.24, 2.45) is 0 Å². The highest BCUT2D eigenvalue weighted by molar-refractivity contribution is 6.06. The molecule has 136 valence electrons. The van der Waals surface area contributed by atoms with E-state index in [-0.39, 0.29) is 18.4 Å². The molecule has 1 saturated heterocycles. The second-order valence-corrected chi connectivity index (χ2v) is 6.05. The van der Waals surface area contributed by atoms with Crippen molar-refractivity contribution >= 4 is 23.2 Å². The van der Waals surface area contributed by atoms with Crippen molar-refractivity contribution in [1.82, 2.24) is 25.5 Å². The number of carbonyl (C=O) groups excluding carboxylic acids is 2. The van der Waals surface area contributed by atoms with Gasteiger partial charge in [0.2, 0.25) is 5.91 Å². The molecule has 0 aliphatic carbocycles. The third-order valence-electron chi connectivity index (χ3n) is 4.25. The fourth-order valence-electron chi connectivity index (χ4n) is 2.96. The van der Waals surface area contributed by atoms with Gasteiger partial charge >= 0.3 is 0 Å². The molecule has 1 aliphatic rings. The highest BCUT2D eigenvalue weighted by Gasteiger charge is 2.19. The van der Waals surface area contributed by atoms with Crippen LogP contribution in [-0.2, 0) is 4.79 Å². The lowest BCUT2D eigenvalue weighted by atomic mass is 10.1. The first kappa shape index (κ1) is 16.7. The Kier molecular flexibility index (Phi) is 4.48. The largest absolute Gasteiger partial charge is 0.359 e. The lowest BCUT2D eigenvalue weighted by molar-refractivity contribution is -0.120. The Morgan fingerprint density at radius 2 is 2.04 bits per heavy atom. The number of aromatic nitrogens is 4. The minimum atomic E-state index is -0.251. The van der Waals surface area contributed by atoms with Gasteiger partial charge in [0.05, 0.1) is 23.6 Å². The lowest BCUT2D eigenvalue weighted by Gasteiger charge is -2.30. The fourth-order valence-corrected chi connectivity index (χ4v) is 2.96. The molecule has 2 N–H and O–H groups in total. The molecule has 9 nitrogen and oxygen atoms in total. The molecule has 0 bridgehead atoms. The highest BCUT2D eigenvalue weighted by atomic mass is 16.2. The number of carbonyl (C=O) groups is 2. The van der Waals surface area contributed by atoms with Crippen LogP contribution in [0.25, 0.3) is 5.69 Å². The number of nitrogens with one attached hydrogen (secondary N) is 2. The Balaban J connectivity index is 1.57. The van der Waals surface area contributed by atoms with Crippen LogP contribution >= 0.6 is 0 Å². The highest BCUT2D eigenvalue weighted by Crippen LogP contribution is 2.26. The number of para-hydroxylation sites is 2. The van der Waals surface area contributed by atoms with Crippen LogP contribution in [0, 0.1) is 0 Å². The van der Waals surface area contributed by atoms with Crippen molar-refractivity contribution in [2.45, 2.75) is 0 Å². The van der Waals surface area contributed by atoms with Gasteiger partial charge in [0.25, 0.3) is 5.91 Å². The number of benzene rings is 2. The van der Waals surface area contributed by atoms with Crippen molar-refractivity contribution < 1.29 is 9.59 Å². The minimum absolute atomic E-state index is 0.0310. The van der Waals surface area contributed by atoms with Crippen LogP contribution in [0.5, 0.6) is 0 Å². The van der Waals surface area contributed by atoms with Crippen LogP contribution in [-0.4, -0.2) is 51.7 Å². The molecule has 2 heterocycles. The molecule has 4 rings (SSSR count). The van der Waals surface area contributed by atoms with E-state index in [1.807, 2.05) is 35.2 Å². The summed E-state index contributed by atoms with van der Waals surface area (Å²) >= 11 is 0. The predicted octanol–water partition coefficient (Wildman–Crippen LogP) is 0.851. The average molecular weight is 363 g/mol. The Labute approximate surface area is 155 Å². The first-order valence-electron chi connectivity index (χ1n) is 8.46. The molecule has 9 heteroatoms. The molecule has 1 aromatic heterocycles. The number of anilines is 2. The molecule has 0 spiro atoms. The van der Waals surface area contributed by atoms with E-state index in [2.05, 4.69) is 26.2 Å². The molecule has 2 amide bonds. The fraction of sp³-hybridized carbons (Fsp3) is 0.167. The summed E-state index contributed by atoms with van der Waals surface area (Å²) in [6.07, 6.45) is 1.47. The Hall–Kier alpha value is -3.75. The molecule has 0 radical (unpaired) electrons. The van der Waals surface area contributed by atoms with Gasteiger partial charge in [0.1, 0.15) is 6.33 Å². The van der Waals surface area contributed by atoms with Gasteiger partial charge in [-0.25, -0.2) is 4.68 Å². The summed E-state index contributed by atoms with van der Waals surface area (Å²) in [6, 6.07) is 14.5. The van der Waals surface area contributed by atoms with E-state index >= 15 is 0 Å². The number of hydrogen-bond acceptors (Lipinski definition) is 6. The van der Waals surface area contributed by atoms with E-state index in [1.165, 1.54) is 11.0 Å². The summed E-state index contributed by atoms with van der Waals surface area (Å²) in [4.78, 5) is 26.4. The summed E-state index contributed by atoms with van der Waals surface area (Å²) in [5.41, 5.74) is 2.64. The van der Waals surface area contributed by atoms with E-state index in [1.54, 1.807) is 18.2 Å². The van der Waals surface area contributed by atoms with Gasteiger partial charge in [0, 0.05) is 18.7 Å². The number of rotatable bonds is 4. The number of hydrogen-bond donors (Lipinski definition) is 2. The monoisotopic (exact) mass is 363 g/mol. The van der Waals surface area contributed by atoms with E-state index in [4.69, 9.17) is 0 Å². The first-order chi connectivity index (χ1) is 13.2. The average Bonchev–Trinajstić information content (AvgIpc) is 3.23. The van der Waals surface area contributed by atoms with Crippen molar-refractivity contribution in [3.63, 3.8) is 0 Å². The first-order valence-corrected chi connectivity index (χ1v) is 8.46. The van der Waals surface area contributed by atoms with Gasteiger partial charge in [-0.3, -0.25) is 9.59 Å². The summed E-state index contributed by atoms with van der Waals surface area (Å²) in [5, 5.41) is 16.8. The topological polar surface area (TPSA) is 105 Å². The number of piperazine rings is 1. The molecule has 0 atom stereocenters. The zero-order valence-corrected chi connectivity index (χ0v) is 14.4. The van der Waals surface area contributed by atoms with Crippen LogP contribution in [0.3, 0.4) is 0 Å². The van der Waals surface area contributed by atoms with Crippen LogP contribution in [0.2, 0.25) is 0 Å². The molecule has 2 aromatic carbocycles. The van der Waals surface area contributed by atoms with Crippen molar-refractivity contribution in [2.75, 3.05) is 29.9 Å². The van der Waals surface area contributed by atoms with Crippen molar-refractivity contribution in [3.8, 4) is 5.69 Å². The second-order valence-electron chi connectivity index (χ2n) is 6.05. The van der Waals surface area contributed by atoms with E-state index in [9.17, 15) is 9.59 Å². The van der Waals surface area contributed by atoms with Gasteiger partial charge in [-0.1, -0.05) is 18.2 Å². The Morgan fingerprint density at radius 1 is 1.15 bits per heavy atom. The van der Waals surface area contributed by atoms with Gasteiger partial charge in [-0.05, 0) is 40.8 Å². The van der Waals surface area contributed by atoms with Gasteiger partial charge < -0.3 is 15.5 Å². The summed E-state index contributed by atoms with van der Waals surface area (Å²) in [7, 11) is 0. The van der Waals surface area contributed by atoms with Gasteiger partial charge in [-0.2, -0.15) is 0 Å². The van der Waals surface area contributed by atoms with Crippen molar-refractivity contribution in [3.05, 3.63) is 60.4 Å². The van der Waals surface area contributed by atoms with Crippen LogP contribution in [0.4, 0.5) is 11.4 Å². The minimum Gasteiger partial charge on any atom is -0.359 e. The zero-order valence-electron chi connectivity index (χ0n) is 14.4. The van der Waals surface area contributed by atoms with Crippen LogP contribution < -0.4 is 15.5 Å². The van der Waals surface area contributed by atoms with E-state index in [0.29, 0.717) is 30.0 Å². The summed E-state index contributed by atoms with van der Waals surface area (Å²) in [5.74, 6) is -0.282. The predicted molar refractivity (Wildman–Crippen MR) is 98.8 cm³/mol. The molecule has 1 fully saturated rings. The third kappa shape index (κ3) is 3.61. The Bertz CT molecular complexity index is 971. The maximum atomic E-state index is 12.8. The van der Waals surface area contributed by atoms with Crippen molar-refractivity contribution in [1.29, 1.82) is 0 Å². The molecule has 27 heavy (non-hydrogen) atoms. The molecule has 0 unspecified atom stereocenters. The quantitative estimate of drug-likeness (QED) is 0.712. The summed E-state index contributed by atoms with van der Waals surface area (Å²) in [6.45, 7) is 1.53. The van der Waals surface area contributed by atoms with Crippen LogP contribution in [0.15, 0.2) is 54.9 Å². The standard InChI is InChI=1S/C18H17N7O2/c26-17-11-24(9-8-19-17)16-7-2-1-6-15(16)21-18(27)13-4-3-5-14(10-13)25-12-20-22-23-25/h1-7,10,12H,8-9,11H2,(H,19,26)(H,21,27). The molecule has 0 saturated carbocycles. The SMILES string of the molecule is O=C1CN(c2ccccc2NC(=O)c2cccc(-n3cnnn3)c2)CCN1. The Morgan fingerprint density at radius 3 is 2.85 bits per heavy atom.